The maximum absolute atomic E-state index is 5.55. The van der Waals surface area contributed by atoms with Crippen LogP contribution in [0.3, 0.4) is 0 Å². The first kappa shape index (κ1) is 7.76. The second-order valence-corrected chi connectivity index (χ2v) is 2.98. The lowest BCUT2D eigenvalue weighted by molar-refractivity contribution is 0.134. The van der Waals surface area contributed by atoms with E-state index in [0.29, 0.717) is 11.0 Å². The molecular weight excluding hydrogens is 178 g/mol. The average molecular weight is 186 g/mol. The first-order valence-electron chi connectivity index (χ1n) is 3.71. The molecule has 1 aliphatic rings. The first-order valence-corrected chi connectivity index (χ1v) is 4.09. The van der Waals surface area contributed by atoms with Crippen LogP contribution in [0.5, 0.6) is 5.88 Å². The maximum Gasteiger partial charge on any atom is 0.233 e. The van der Waals surface area contributed by atoms with Crippen LogP contribution < -0.4 is 10.1 Å². The van der Waals surface area contributed by atoms with Gasteiger partial charge in [0.25, 0.3) is 0 Å². The summed E-state index contributed by atoms with van der Waals surface area (Å²) in [7, 11) is 0. The summed E-state index contributed by atoms with van der Waals surface area (Å²) in [6.45, 7) is 1.76. The van der Waals surface area contributed by atoms with E-state index in [1.165, 1.54) is 0 Å². The number of hydrogen-bond acceptors (Lipinski definition) is 4. The summed E-state index contributed by atoms with van der Waals surface area (Å²) in [4.78, 5) is 0. The van der Waals surface area contributed by atoms with Crippen LogP contribution in [0, 0.1) is 0 Å². The fraction of sp³-hybridized carbons (Fsp3) is 0.429. The van der Waals surface area contributed by atoms with Gasteiger partial charge in [0, 0.05) is 19.2 Å². The molecule has 2 rings (SSSR count). The van der Waals surface area contributed by atoms with Crippen LogP contribution >= 0.6 is 11.6 Å². The fourth-order valence-corrected chi connectivity index (χ4v) is 0.984. The molecule has 1 aromatic rings. The number of aromatic nitrogens is 2. The van der Waals surface area contributed by atoms with Crippen molar-refractivity contribution in [3.05, 3.63) is 17.3 Å². The second kappa shape index (κ2) is 3.25. The third kappa shape index (κ3) is 1.65. The zero-order valence-corrected chi connectivity index (χ0v) is 7.08. The highest BCUT2D eigenvalue weighted by Gasteiger charge is 2.18. The van der Waals surface area contributed by atoms with Gasteiger partial charge in [0.1, 0.15) is 6.10 Å². The SMILES string of the molecule is Clc1ccc(OC2CNC2)nn1. The van der Waals surface area contributed by atoms with E-state index >= 15 is 0 Å². The topological polar surface area (TPSA) is 47.0 Å². The smallest absolute Gasteiger partial charge is 0.233 e. The Hall–Kier alpha value is -0.870. The van der Waals surface area contributed by atoms with E-state index in [9.17, 15) is 0 Å². The number of nitrogens with zero attached hydrogens (tertiary/aromatic N) is 2. The Morgan fingerprint density at radius 2 is 2.25 bits per heavy atom. The molecule has 2 heterocycles. The molecule has 0 aliphatic carbocycles. The van der Waals surface area contributed by atoms with Crippen LogP contribution in [0.25, 0.3) is 0 Å². The largest absolute Gasteiger partial charge is 0.471 e. The highest BCUT2D eigenvalue weighted by molar-refractivity contribution is 6.29. The van der Waals surface area contributed by atoms with E-state index in [4.69, 9.17) is 16.3 Å². The van der Waals surface area contributed by atoms with Gasteiger partial charge in [0.15, 0.2) is 5.15 Å². The van der Waals surface area contributed by atoms with Crippen molar-refractivity contribution in [2.75, 3.05) is 13.1 Å². The van der Waals surface area contributed by atoms with Crippen LogP contribution in [0.1, 0.15) is 0 Å². The summed E-state index contributed by atoms with van der Waals surface area (Å²) in [5, 5.41) is 10.9. The van der Waals surface area contributed by atoms with Gasteiger partial charge in [0.2, 0.25) is 5.88 Å². The van der Waals surface area contributed by atoms with Gasteiger partial charge in [-0.15, -0.1) is 10.2 Å². The van der Waals surface area contributed by atoms with E-state index in [-0.39, 0.29) is 6.10 Å². The summed E-state index contributed by atoms with van der Waals surface area (Å²) < 4.78 is 5.41. The number of ether oxygens (including phenoxy) is 1. The molecule has 5 heteroatoms. The van der Waals surface area contributed by atoms with Gasteiger partial charge >= 0.3 is 0 Å². The van der Waals surface area contributed by atoms with E-state index in [0.717, 1.165) is 13.1 Å². The molecule has 0 amide bonds. The Balaban J connectivity index is 1.98. The van der Waals surface area contributed by atoms with Crippen molar-refractivity contribution in [3.8, 4) is 5.88 Å². The standard InChI is InChI=1S/C7H8ClN3O/c8-6-1-2-7(11-10-6)12-5-3-9-4-5/h1-2,5,9H,3-4H2. The third-order valence-electron chi connectivity index (χ3n) is 1.64. The van der Waals surface area contributed by atoms with Gasteiger partial charge in [-0.3, -0.25) is 0 Å². The Morgan fingerprint density at radius 3 is 2.75 bits per heavy atom. The van der Waals surface area contributed by atoms with Crippen LogP contribution in [0.2, 0.25) is 5.15 Å². The molecule has 64 valence electrons. The molecule has 12 heavy (non-hydrogen) atoms. The van der Waals surface area contributed by atoms with Gasteiger partial charge in [-0.05, 0) is 6.07 Å². The van der Waals surface area contributed by atoms with Crippen LogP contribution in [-0.2, 0) is 0 Å². The molecule has 1 aliphatic heterocycles. The van der Waals surface area contributed by atoms with Crippen LogP contribution in [0.15, 0.2) is 12.1 Å². The highest BCUT2D eigenvalue weighted by atomic mass is 35.5. The van der Waals surface area contributed by atoms with E-state index in [1.807, 2.05) is 0 Å². The van der Waals surface area contributed by atoms with Crippen molar-refractivity contribution in [2.24, 2.45) is 0 Å². The predicted molar refractivity (Wildman–Crippen MR) is 44.3 cm³/mol. The van der Waals surface area contributed by atoms with Crippen LogP contribution in [0.4, 0.5) is 0 Å². The normalized spacial score (nSPS) is 17.1. The molecule has 1 fully saturated rings. The summed E-state index contributed by atoms with van der Waals surface area (Å²) in [5.41, 5.74) is 0. The highest BCUT2D eigenvalue weighted by Crippen LogP contribution is 2.11. The average Bonchev–Trinajstić information content (AvgIpc) is 2.00. The minimum Gasteiger partial charge on any atom is -0.471 e. The Kier molecular flexibility index (Phi) is 2.10. The molecule has 0 radical (unpaired) electrons. The van der Waals surface area contributed by atoms with Crippen molar-refractivity contribution >= 4 is 11.6 Å². The Bertz CT molecular complexity index is 260. The summed E-state index contributed by atoms with van der Waals surface area (Å²) >= 11 is 5.55. The molecule has 0 aromatic carbocycles. The van der Waals surface area contributed by atoms with Gasteiger partial charge in [0.05, 0.1) is 0 Å². The molecule has 4 nitrogen and oxygen atoms in total. The number of halogens is 1. The van der Waals surface area contributed by atoms with Gasteiger partial charge in [-0.25, -0.2) is 0 Å². The number of hydrogen-bond donors (Lipinski definition) is 1. The number of rotatable bonds is 2. The van der Waals surface area contributed by atoms with E-state index in [1.54, 1.807) is 12.1 Å². The molecule has 1 N–H and O–H groups in total. The van der Waals surface area contributed by atoms with E-state index < -0.39 is 0 Å². The summed E-state index contributed by atoms with van der Waals surface area (Å²) in [5.74, 6) is 0.533. The zero-order valence-electron chi connectivity index (χ0n) is 6.33. The van der Waals surface area contributed by atoms with Crippen molar-refractivity contribution in [3.63, 3.8) is 0 Å². The molecule has 1 saturated heterocycles. The minimum atomic E-state index is 0.237. The van der Waals surface area contributed by atoms with Crippen molar-refractivity contribution < 1.29 is 4.74 Å². The molecule has 0 saturated carbocycles. The lowest BCUT2D eigenvalue weighted by Gasteiger charge is -2.26. The molecule has 0 atom stereocenters. The number of nitrogens with one attached hydrogen (secondary N) is 1. The third-order valence-corrected chi connectivity index (χ3v) is 1.84. The fourth-order valence-electron chi connectivity index (χ4n) is 0.883. The van der Waals surface area contributed by atoms with Gasteiger partial charge in [-0.2, -0.15) is 0 Å². The monoisotopic (exact) mass is 185 g/mol. The molecule has 0 spiro atoms. The van der Waals surface area contributed by atoms with Crippen LogP contribution in [-0.4, -0.2) is 29.4 Å². The molecule has 0 unspecified atom stereocenters. The van der Waals surface area contributed by atoms with Gasteiger partial charge in [-0.1, -0.05) is 11.6 Å². The summed E-state index contributed by atoms with van der Waals surface area (Å²) in [6.07, 6.45) is 0.237. The quantitative estimate of drug-likeness (QED) is 0.728. The van der Waals surface area contributed by atoms with Gasteiger partial charge < -0.3 is 10.1 Å². The Morgan fingerprint density at radius 1 is 1.42 bits per heavy atom. The zero-order chi connectivity index (χ0) is 8.39. The molecular formula is C7H8ClN3O. The Labute approximate surface area is 74.9 Å². The van der Waals surface area contributed by atoms with E-state index in [2.05, 4.69) is 15.5 Å². The lowest BCUT2D eigenvalue weighted by atomic mass is 10.2. The predicted octanol–water partition coefficient (Wildman–Crippen LogP) is 0.481. The lowest BCUT2D eigenvalue weighted by Crippen LogP contribution is -2.50. The summed E-state index contributed by atoms with van der Waals surface area (Å²) in [6, 6.07) is 3.38. The molecule has 1 aromatic heterocycles. The first-order chi connectivity index (χ1) is 5.84. The molecule has 0 bridgehead atoms. The van der Waals surface area contributed by atoms with Crippen molar-refractivity contribution in [2.45, 2.75) is 6.10 Å². The second-order valence-electron chi connectivity index (χ2n) is 2.59. The minimum absolute atomic E-state index is 0.237. The van der Waals surface area contributed by atoms with Crippen molar-refractivity contribution in [1.82, 2.24) is 15.5 Å². The van der Waals surface area contributed by atoms with Crippen molar-refractivity contribution in [1.29, 1.82) is 0 Å². The maximum atomic E-state index is 5.55.